The van der Waals surface area contributed by atoms with E-state index in [9.17, 15) is 28.4 Å². The molecular weight excluding hydrogens is 437 g/mol. The van der Waals surface area contributed by atoms with Crippen LogP contribution in [0, 0.1) is 10.1 Å². The molecule has 0 saturated carbocycles. The third-order valence-electron chi connectivity index (χ3n) is 4.96. The third-order valence-corrected chi connectivity index (χ3v) is 4.96. The zero-order valence-corrected chi connectivity index (χ0v) is 17.8. The molecule has 174 valence electrons. The summed E-state index contributed by atoms with van der Waals surface area (Å²) in [6.45, 7) is 0.788. The molecule has 0 spiro atoms. The molecular formula is C24H23F3N2O4. The number of nitrogens with zero attached hydrogens (tertiary/aromatic N) is 2. The largest absolute Gasteiger partial charge is 0.491 e. The standard InChI is InChI=1S/C24H23F3N2O4/c1-28(15-20(30)16-33-21-12-10-19(11-13-21)29(31)32)14-17-6-8-18(9-7-17)22-4-2-3-5-23(22)24(25,26)27/h2-13,20,30H,14-16H2,1H3/t20-/m1/s1. The molecule has 33 heavy (non-hydrogen) atoms. The van der Waals surface area contributed by atoms with Gasteiger partial charge in [-0.15, -0.1) is 0 Å². The zero-order chi connectivity index (χ0) is 24.0. The minimum Gasteiger partial charge on any atom is -0.491 e. The smallest absolute Gasteiger partial charge is 0.417 e. The highest BCUT2D eigenvalue weighted by atomic mass is 19.4. The number of ether oxygens (including phenoxy) is 1. The maximum atomic E-state index is 13.3. The molecule has 0 heterocycles. The third kappa shape index (κ3) is 6.77. The molecule has 0 aliphatic carbocycles. The number of aliphatic hydroxyl groups is 1. The van der Waals surface area contributed by atoms with Crippen molar-refractivity contribution >= 4 is 5.69 Å². The summed E-state index contributed by atoms with van der Waals surface area (Å²) in [7, 11) is 1.81. The molecule has 0 fully saturated rings. The quantitative estimate of drug-likeness (QED) is 0.353. The molecule has 3 aromatic rings. The minimum atomic E-state index is -4.43. The fraction of sp³-hybridized carbons (Fsp3) is 0.250. The Morgan fingerprint density at radius 3 is 2.27 bits per heavy atom. The van der Waals surface area contributed by atoms with Crippen molar-refractivity contribution < 1.29 is 27.9 Å². The summed E-state index contributed by atoms with van der Waals surface area (Å²) in [4.78, 5) is 12.0. The van der Waals surface area contributed by atoms with E-state index >= 15 is 0 Å². The van der Waals surface area contributed by atoms with Crippen LogP contribution in [0.2, 0.25) is 0 Å². The van der Waals surface area contributed by atoms with Gasteiger partial charge in [0, 0.05) is 25.2 Å². The first kappa shape index (κ1) is 24.2. The van der Waals surface area contributed by atoms with E-state index in [-0.39, 0.29) is 17.9 Å². The van der Waals surface area contributed by atoms with Crippen LogP contribution < -0.4 is 4.74 Å². The second-order valence-corrected chi connectivity index (χ2v) is 7.65. The maximum Gasteiger partial charge on any atom is 0.417 e. The fourth-order valence-electron chi connectivity index (χ4n) is 3.42. The number of likely N-dealkylation sites (N-methyl/N-ethyl adjacent to an activating group) is 1. The summed E-state index contributed by atoms with van der Waals surface area (Å²) in [5.74, 6) is 0.414. The molecule has 0 aromatic heterocycles. The van der Waals surface area contributed by atoms with Crippen LogP contribution in [0.4, 0.5) is 18.9 Å². The number of aliphatic hydroxyl groups excluding tert-OH is 1. The van der Waals surface area contributed by atoms with Gasteiger partial charge in [0.05, 0.1) is 10.5 Å². The van der Waals surface area contributed by atoms with Crippen LogP contribution in [0.5, 0.6) is 5.75 Å². The van der Waals surface area contributed by atoms with Gasteiger partial charge in [-0.25, -0.2) is 0 Å². The van der Waals surface area contributed by atoms with E-state index in [0.29, 0.717) is 24.4 Å². The normalized spacial score (nSPS) is 12.5. The number of hydrogen-bond acceptors (Lipinski definition) is 5. The molecule has 0 bridgehead atoms. The molecule has 3 aromatic carbocycles. The summed E-state index contributed by atoms with van der Waals surface area (Å²) < 4.78 is 45.2. The Morgan fingerprint density at radius 2 is 1.67 bits per heavy atom. The average molecular weight is 460 g/mol. The van der Waals surface area contributed by atoms with Gasteiger partial charge in [0.1, 0.15) is 18.5 Å². The topological polar surface area (TPSA) is 75.8 Å². The summed E-state index contributed by atoms with van der Waals surface area (Å²) in [5.41, 5.74) is 0.769. The van der Waals surface area contributed by atoms with E-state index < -0.39 is 22.8 Å². The fourth-order valence-corrected chi connectivity index (χ4v) is 3.42. The van der Waals surface area contributed by atoms with Crippen molar-refractivity contribution in [2.24, 2.45) is 0 Å². The lowest BCUT2D eigenvalue weighted by Crippen LogP contribution is -2.32. The molecule has 1 atom stereocenters. The van der Waals surface area contributed by atoms with Crippen molar-refractivity contribution in [1.82, 2.24) is 4.90 Å². The van der Waals surface area contributed by atoms with Gasteiger partial charge in [-0.3, -0.25) is 15.0 Å². The minimum absolute atomic E-state index is 0.00924. The van der Waals surface area contributed by atoms with Crippen molar-refractivity contribution in [2.75, 3.05) is 20.2 Å². The van der Waals surface area contributed by atoms with Gasteiger partial charge in [0.25, 0.3) is 5.69 Å². The van der Waals surface area contributed by atoms with Crippen molar-refractivity contribution in [3.63, 3.8) is 0 Å². The molecule has 0 saturated heterocycles. The summed E-state index contributed by atoms with van der Waals surface area (Å²) in [6, 6.07) is 17.9. The van der Waals surface area contributed by atoms with Crippen LogP contribution >= 0.6 is 0 Å². The maximum absolute atomic E-state index is 13.3. The summed E-state index contributed by atoms with van der Waals surface area (Å²) in [5, 5.41) is 20.9. The molecule has 9 heteroatoms. The Kier molecular flexibility index (Phi) is 7.67. The van der Waals surface area contributed by atoms with E-state index in [1.807, 2.05) is 11.9 Å². The molecule has 1 N–H and O–H groups in total. The highest BCUT2D eigenvalue weighted by Crippen LogP contribution is 2.36. The average Bonchev–Trinajstić information content (AvgIpc) is 2.78. The first-order valence-corrected chi connectivity index (χ1v) is 10.1. The predicted molar refractivity (Wildman–Crippen MR) is 118 cm³/mol. The first-order chi connectivity index (χ1) is 15.6. The Morgan fingerprint density at radius 1 is 1.03 bits per heavy atom. The van der Waals surface area contributed by atoms with Gasteiger partial charge >= 0.3 is 6.18 Å². The van der Waals surface area contributed by atoms with E-state index in [0.717, 1.165) is 11.6 Å². The molecule has 0 aliphatic heterocycles. The van der Waals surface area contributed by atoms with Crippen molar-refractivity contribution in [1.29, 1.82) is 0 Å². The highest BCUT2D eigenvalue weighted by Gasteiger charge is 2.33. The van der Waals surface area contributed by atoms with Crippen LogP contribution in [0.15, 0.2) is 72.8 Å². The Hall–Kier alpha value is -3.43. The number of nitro benzene ring substituents is 1. The van der Waals surface area contributed by atoms with Gasteiger partial charge in [-0.05, 0) is 41.9 Å². The highest BCUT2D eigenvalue weighted by molar-refractivity contribution is 5.68. The Balaban J connectivity index is 1.53. The van der Waals surface area contributed by atoms with Crippen LogP contribution in [0.3, 0.4) is 0 Å². The molecule has 3 rings (SSSR count). The SMILES string of the molecule is CN(Cc1ccc(-c2ccccc2C(F)(F)F)cc1)C[C@@H](O)COc1ccc([N+](=O)[O-])cc1. The van der Waals surface area contributed by atoms with Gasteiger partial charge in [-0.2, -0.15) is 13.2 Å². The molecule has 6 nitrogen and oxygen atoms in total. The molecule has 0 radical (unpaired) electrons. The predicted octanol–water partition coefficient (Wildman–Crippen LogP) is 5.15. The lowest BCUT2D eigenvalue weighted by molar-refractivity contribution is -0.384. The number of nitro groups is 1. The Bertz CT molecular complexity index is 1070. The summed E-state index contributed by atoms with van der Waals surface area (Å²) >= 11 is 0. The van der Waals surface area contributed by atoms with Gasteiger partial charge in [0.2, 0.25) is 0 Å². The van der Waals surface area contributed by atoms with Crippen LogP contribution in [0.25, 0.3) is 11.1 Å². The number of halogens is 3. The number of benzene rings is 3. The van der Waals surface area contributed by atoms with Crippen LogP contribution in [-0.4, -0.2) is 41.2 Å². The van der Waals surface area contributed by atoms with Gasteiger partial charge in [0.15, 0.2) is 0 Å². The molecule has 0 unspecified atom stereocenters. The van der Waals surface area contributed by atoms with E-state index in [1.54, 1.807) is 30.3 Å². The second kappa shape index (κ2) is 10.5. The lowest BCUT2D eigenvalue weighted by Gasteiger charge is -2.21. The number of rotatable bonds is 9. The van der Waals surface area contributed by atoms with Gasteiger partial charge < -0.3 is 9.84 Å². The van der Waals surface area contributed by atoms with Crippen LogP contribution in [-0.2, 0) is 12.7 Å². The first-order valence-electron chi connectivity index (χ1n) is 10.1. The molecule has 0 amide bonds. The molecule has 0 aliphatic rings. The van der Waals surface area contributed by atoms with Crippen molar-refractivity contribution in [3.05, 3.63) is 94.0 Å². The Labute approximate surface area is 189 Å². The van der Waals surface area contributed by atoms with Crippen molar-refractivity contribution in [2.45, 2.75) is 18.8 Å². The number of non-ortho nitro benzene ring substituents is 1. The zero-order valence-electron chi connectivity index (χ0n) is 17.8. The van der Waals surface area contributed by atoms with E-state index in [2.05, 4.69) is 0 Å². The van der Waals surface area contributed by atoms with Crippen molar-refractivity contribution in [3.8, 4) is 16.9 Å². The van der Waals surface area contributed by atoms with Gasteiger partial charge in [-0.1, -0.05) is 42.5 Å². The van der Waals surface area contributed by atoms with E-state index in [1.165, 1.54) is 36.4 Å². The number of hydrogen-bond donors (Lipinski definition) is 1. The second-order valence-electron chi connectivity index (χ2n) is 7.65. The summed E-state index contributed by atoms with van der Waals surface area (Å²) in [6.07, 6.45) is -5.23. The number of alkyl halides is 3. The van der Waals surface area contributed by atoms with Crippen LogP contribution in [0.1, 0.15) is 11.1 Å². The lowest BCUT2D eigenvalue weighted by atomic mass is 9.98. The monoisotopic (exact) mass is 460 g/mol. The van der Waals surface area contributed by atoms with E-state index in [4.69, 9.17) is 4.74 Å².